The first kappa shape index (κ1) is 24.5. The maximum absolute atomic E-state index is 14.4. The first-order valence-corrected chi connectivity index (χ1v) is 11.0. The van der Waals surface area contributed by atoms with E-state index < -0.39 is 41.7 Å². The highest BCUT2D eigenvalue weighted by Crippen LogP contribution is 2.42. The summed E-state index contributed by atoms with van der Waals surface area (Å²) < 4.78 is 62.1. The average Bonchev–Trinajstić information content (AvgIpc) is 3.08. The second-order valence-electron chi connectivity index (χ2n) is 7.69. The maximum atomic E-state index is 14.4. The largest absolute Gasteiger partial charge is 0.463 e. The number of ether oxygens (including phenoxy) is 1. The monoisotopic (exact) mass is 483 g/mol. The van der Waals surface area contributed by atoms with Gasteiger partial charge in [-0.2, -0.15) is 18.4 Å². The van der Waals surface area contributed by atoms with Crippen LogP contribution < -0.4 is 10.6 Å². The summed E-state index contributed by atoms with van der Waals surface area (Å²) >= 11 is 0.928. The highest BCUT2D eigenvalue weighted by molar-refractivity contribution is 7.16. The molecule has 2 atom stereocenters. The van der Waals surface area contributed by atoms with Gasteiger partial charge in [-0.05, 0) is 49.8 Å². The second-order valence-corrected chi connectivity index (χ2v) is 8.80. The second kappa shape index (κ2) is 9.39. The number of carbonyl (C=O) groups is 2. The number of hydrogen-bond donors (Lipinski definition) is 2. The van der Waals surface area contributed by atoms with E-state index in [9.17, 15) is 32.4 Å². The van der Waals surface area contributed by atoms with Crippen molar-refractivity contribution in [2.75, 3.05) is 11.9 Å². The van der Waals surface area contributed by atoms with E-state index in [-0.39, 0.29) is 16.5 Å². The van der Waals surface area contributed by atoms with E-state index in [1.165, 1.54) is 19.1 Å². The number of amides is 1. The number of anilines is 1. The normalized spacial score (nSPS) is 17.3. The summed E-state index contributed by atoms with van der Waals surface area (Å²) in [6, 6.07) is 6.35. The van der Waals surface area contributed by atoms with Gasteiger partial charge in [0.1, 0.15) is 16.9 Å². The molecule has 0 spiro atoms. The molecule has 0 unspecified atom stereocenters. The minimum absolute atomic E-state index is 0.0139. The van der Waals surface area contributed by atoms with Crippen molar-refractivity contribution in [3.8, 4) is 6.07 Å². The summed E-state index contributed by atoms with van der Waals surface area (Å²) in [6.07, 6.45) is -3.54. The number of alkyl halides is 3. The van der Waals surface area contributed by atoms with E-state index in [2.05, 4.69) is 10.1 Å². The standard InChI is InChI=1S/C22H21F4N3O3S/c1-3-32-20(31)21(22(24,25)26,28-18(30)14-6-4-5-7-16(14)23)29-19-15(11-27)13-9-8-12(2)10-17(13)33-19/h4-7,12,29H,3,8-10H2,1-2H3,(H,28,30)/t12-,21+/m0/s1. The lowest BCUT2D eigenvalue weighted by Gasteiger charge is -2.35. The van der Waals surface area contributed by atoms with E-state index in [1.54, 1.807) is 5.32 Å². The van der Waals surface area contributed by atoms with Crippen molar-refractivity contribution in [3.63, 3.8) is 0 Å². The van der Waals surface area contributed by atoms with Crippen molar-refractivity contribution in [1.82, 2.24) is 5.32 Å². The van der Waals surface area contributed by atoms with Crippen molar-refractivity contribution in [3.05, 3.63) is 51.7 Å². The summed E-state index contributed by atoms with van der Waals surface area (Å²) in [5.74, 6) is -4.08. The first-order valence-electron chi connectivity index (χ1n) is 10.2. The molecule has 11 heteroatoms. The molecule has 2 N–H and O–H groups in total. The van der Waals surface area contributed by atoms with Gasteiger partial charge in [0.2, 0.25) is 0 Å². The Kier molecular flexibility index (Phi) is 6.97. The topological polar surface area (TPSA) is 91.2 Å². The Labute approximate surface area is 191 Å². The highest BCUT2D eigenvalue weighted by atomic mass is 32.1. The molecule has 0 bridgehead atoms. The lowest BCUT2D eigenvalue weighted by atomic mass is 9.88. The minimum Gasteiger partial charge on any atom is -0.463 e. The number of halogens is 4. The molecule has 0 aliphatic heterocycles. The molecule has 2 aromatic rings. The number of thiophene rings is 1. The van der Waals surface area contributed by atoms with Crippen LogP contribution in [0.1, 0.15) is 46.6 Å². The van der Waals surface area contributed by atoms with Crippen molar-refractivity contribution in [1.29, 1.82) is 5.26 Å². The Bertz CT molecular complexity index is 1110. The predicted molar refractivity (Wildman–Crippen MR) is 113 cm³/mol. The molecule has 1 aliphatic rings. The number of esters is 1. The Morgan fingerprint density at radius 1 is 1.30 bits per heavy atom. The summed E-state index contributed by atoms with van der Waals surface area (Å²) in [6.45, 7) is 2.90. The Balaban J connectivity index is 2.12. The van der Waals surface area contributed by atoms with Crippen molar-refractivity contribution >= 4 is 28.2 Å². The molecule has 3 rings (SSSR count). The third kappa shape index (κ3) is 4.66. The summed E-state index contributed by atoms with van der Waals surface area (Å²) in [5, 5.41) is 13.1. The molecule has 176 valence electrons. The number of carbonyl (C=O) groups excluding carboxylic acids is 2. The summed E-state index contributed by atoms with van der Waals surface area (Å²) in [7, 11) is 0. The van der Waals surface area contributed by atoms with Crippen LogP contribution in [-0.2, 0) is 22.4 Å². The SMILES string of the molecule is CCOC(=O)[C@@](NC(=O)c1ccccc1F)(Nc1sc2c(c1C#N)CC[C@H](C)C2)C(F)(F)F. The van der Waals surface area contributed by atoms with Gasteiger partial charge in [0.15, 0.2) is 0 Å². The van der Waals surface area contributed by atoms with Gasteiger partial charge in [0, 0.05) is 4.88 Å². The van der Waals surface area contributed by atoms with Gasteiger partial charge in [0.25, 0.3) is 5.91 Å². The molecule has 0 radical (unpaired) electrons. The number of nitriles is 1. The lowest BCUT2D eigenvalue weighted by molar-refractivity contribution is -0.204. The van der Waals surface area contributed by atoms with Gasteiger partial charge in [-0.15, -0.1) is 11.3 Å². The molecule has 1 heterocycles. The van der Waals surface area contributed by atoms with E-state index in [0.717, 1.165) is 34.8 Å². The summed E-state index contributed by atoms with van der Waals surface area (Å²) in [5.41, 5.74) is -3.81. The van der Waals surface area contributed by atoms with Crippen LogP contribution in [0.2, 0.25) is 0 Å². The van der Waals surface area contributed by atoms with E-state index in [1.807, 2.05) is 13.0 Å². The number of nitrogens with one attached hydrogen (secondary N) is 2. The van der Waals surface area contributed by atoms with Gasteiger partial charge in [-0.1, -0.05) is 19.1 Å². The lowest BCUT2D eigenvalue weighted by Crippen LogP contribution is -2.69. The van der Waals surface area contributed by atoms with Gasteiger partial charge in [0.05, 0.1) is 17.7 Å². The van der Waals surface area contributed by atoms with Crippen LogP contribution in [0.5, 0.6) is 0 Å². The van der Waals surface area contributed by atoms with Crippen LogP contribution in [-0.4, -0.2) is 30.3 Å². The number of nitrogens with zero attached hydrogens (tertiary/aromatic N) is 1. The number of fused-ring (bicyclic) bond motifs is 1. The molecule has 33 heavy (non-hydrogen) atoms. The number of rotatable bonds is 6. The third-order valence-corrected chi connectivity index (χ3v) is 6.52. The fourth-order valence-electron chi connectivity index (χ4n) is 3.64. The Morgan fingerprint density at radius 3 is 2.61 bits per heavy atom. The molecular formula is C22H21F4N3O3S. The number of hydrogen-bond acceptors (Lipinski definition) is 6. The fourth-order valence-corrected chi connectivity index (χ4v) is 5.06. The third-order valence-electron chi connectivity index (χ3n) is 5.35. The Morgan fingerprint density at radius 2 is 2.00 bits per heavy atom. The molecule has 1 amide bonds. The van der Waals surface area contributed by atoms with E-state index in [4.69, 9.17) is 0 Å². The molecule has 6 nitrogen and oxygen atoms in total. The van der Waals surface area contributed by atoms with E-state index in [0.29, 0.717) is 18.4 Å². The van der Waals surface area contributed by atoms with Crippen LogP contribution in [0.3, 0.4) is 0 Å². The molecule has 1 aliphatic carbocycles. The number of benzene rings is 1. The minimum atomic E-state index is -5.40. The fraction of sp³-hybridized carbons (Fsp3) is 0.409. The zero-order valence-electron chi connectivity index (χ0n) is 17.8. The predicted octanol–water partition coefficient (Wildman–Crippen LogP) is 4.55. The Hall–Kier alpha value is -3.13. The zero-order valence-corrected chi connectivity index (χ0v) is 18.6. The smallest absolute Gasteiger partial charge is 0.441 e. The van der Waals surface area contributed by atoms with Gasteiger partial charge in [-0.3, -0.25) is 4.79 Å². The highest BCUT2D eigenvalue weighted by Gasteiger charge is 2.64. The van der Waals surface area contributed by atoms with Gasteiger partial charge in [-0.25, -0.2) is 9.18 Å². The zero-order chi connectivity index (χ0) is 24.4. The van der Waals surface area contributed by atoms with Gasteiger partial charge < -0.3 is 15.4 Å². The molecule has 0 saturated carbocycles. The molecular weight excluding hydrogens is 462 g/mol. The van der Waals surface area contributed by atoms with Crippen LogP contribution in [0.25, 0.3) is 0 Å². The first-order chi connectivity index (χ1) is 15.5. The average molecular weight is 483 g/mol. The molecule has 0 saturated heterocycles. The quantitative estimate of drug-likeness (QED) is 0.358. The van der Waals surface area contributed by atoms with Crippen LogP contribution in [0.15, 0.2) is 24.3 Å². The molecule has 1 aromatic heterocycles. The van der Waals surface area contributed by atoms with E-state index >= 15 is 0 Å². The van der Waals surface area contributed by atoms with Crippen LogP contribution in [0.4, 0.5) is 22.6 Å². The van der Waals surface area contributed by atoms with Crippen LogP contribution >= 0.6 is 11.3 Å². The summed E-state index contributed by atoms with van der Waals surface area (Å²) in [4.78, 5) is 26.1. The maximum Gasteiger partial charge on any atom is 0.441 e. The van der Waals surface area contributed by atoms with Crippen molar-refractivity contribution in [2.24, 2.45) is 5.92 Å². The van der Waals surface area contributed by atoms with Crippen LogP contribution in [0, 0.1) is 23.1 Å². The van der Waals surface area contributed by atoms with Crippen molar-refractivity contribution < 1.29 is 31.9 Å². The van der Waals surface area contributed by atoms with Gasteiger partial charge >= 0.3 is 17.8 Å². The molecule has 0 fully saturated rings. The van der Waals surface area contributed by atoms with Crippen molar-refractivity contribution in [2.45, 2.75) is 44.9 Å². The molecule has 1 aromatic carbocycles.